The fraction of sp³-hybridized carbons (Fsp3) is 0.0667. The SMILES string of the molecule is C=C(NCc1ccc(-c2ccccc2)cc1)c1ccccc1/C=C(\O)c1cccc(Nc2ccc3c(c2-c2ccccc2)C=CCC3)c1. The lowest BCUT2D eigenvalue weighted by Gasteiger charge is -2.20. The van der Waals surface area contributed by atoms with Crippen molar-refractivity contribution in [3.05, 3.63) is 192 Å². The van der Waals surface area contributed by atoms with Gasteiger partial charge in [0.2, 0.25) is 0 Å². The van der Waals surface area contributed by atoms with Gasteiger partial charge in [-0.15, -0.1) is 0 Å². The van der Waals surface area contributed by atoms with Crippen LogP contribution in [-0.2, 0) is 13.0 Å². The normalized spacial score (nSPS) is 12.3. The van der Waals surface area contributed by atoms with E-state index in [9.17, 15) is 5.11 Å². The summed E-state index contributed by atoms with van der Waals surface area (Å²) in [6.07, 6.45) is 8.43. The third kappa shape index (κ3) is 6.86. The molecule has 6 aromatic carbocycles. The summed E-state index contributed by atoms with van der Waals surface area (Å²) >= 11 is 0. The van der Waals surface area contributed by atoms with Crippen LogP contribution in [-0.4, -0.2) is 5.11 Å². The summed E-state index contributed by atoms with van der Waals surface area (Å²) in [6.45, 7) is 4.98. The molecule has 6 aromatic rings. The number of nitrogens with one attached hydrogen (secondary N) is 2. The molecule has 234 valence electrons. The minimum Gasteiger partial charge on any atom is -0.507 e. The van der Waals surface area contributed by atoms with Crippen molar-refractivity contribution in [1.29, 1.82) is 0 Å². The van der Waals surface area contributed by atoms with E-state index >= 15 is 0 Å². The first-order valence-electron chi connectivity index (χ1n) is 16.4. The van der Waals surface area contributed by atoms with Crippen molar-refractivity contribution < 1.29 is 5.11 Å². The highest BCUT2D eigenvalue weighted by atomic mass is 16.3. The zero-order chi connectivity index (χ0) is 32.7. The number of aliphatic hydroxyl groups excluding tert-OH is 1. The molecule has 7 rings (SSSR count). The minimum atomic E-state index is 0.187. The predicted molar refractivity (Wildman–Crippen MR) is 204 cm³/mol. The molecule has 0 saturated carbocycles. The number of hydrogen-bond acceptors (Lipinski definition) is 3. The van der Waals surface area contributed by atoms with Gasteiger partial charge in [-0.1, -0.05) is 146 Å². The lowest BCUT2D eigenvalue weighted by atomic mass is 9.88. The number of aryl methyl sites for hydroxylation is 1. The maximum atomic E-state index is 11.4. The highest BCUT2D eigenvalue weighted by Gasteiger charge is 2.16. The lowest BCUT2D eigenvalue weighted by Crippen LogP contribution is -2.11. The third-order valence-electron chi connectivity index (χ3n) is 8.85. The second-order valence-corrected chi connectivity index (χ2v) is 12.1. The number of hydrogen-bond donors (Lipinski definition) is 3. The van der Waals surface area contributed by atoms with E-state index in [1.807, 2.05) is 60.7 Å². The molecule has 3 heteroatoms. The van der Waals surface area contributed by atoms with Crippen LogP contribution in [0.5, 0.6) is 0 Å². The summed E-state index contributed by atoms with van der Waals surface area (Å²) in [4.78, 5) is 0. The quantitative estimate of drug-likeness (QED) is 0.105. The second-order valence-electron chi connectivity index (χ2n) is 12.1. The van der Waals surface area contributed by atoms with Gasteiger partial charge in [-0.2, -0.15) is 0 Å². The van der Waals surface area contributed by atoms with Gasteiger partial charge in [-0.05, 0) is 76.1 Å². The Labute approximate surface area is 283 Å². The van der Waals surface area contributed by atoms with E-state index in [0.29, 0.717) is 6.54 Å². The first kappa shape index (κ1) is 30.6. The largest absolute Gasteiger partial charge is 0.507 e. The summed E-state index contributed by atoms with van der Waals surface area (Å²) in [5.41, 5.74) is 13.9. The number of fused-ring (bicyclic) bond motifs is 1. The Morgan fingerprint density at radius 1 is 0.708 bits per heavy atom. The molecule has 0 fully saturated rings. The zero-order valence-corrected chi connectivity index (χ0v) is 26.9. The molecule has 48 heavy (non-hydrogen) atoms. The summed E-state index contributed by atoms with van der Waals surface area (Å²) < 4.78 is 0. The Morgan fingerprint density at radius 2 is 1.42 bits per heavy atom. The van der Waals surface area contributed by atoms with E-state index in [4.69, 9.17) is 0 Å². The van der Waals surface area contributed by atoms with Crippen molar-refractivity contribution in [3.63, 3.8) is 0 Å². The summed E-state index contributed by atoms with van der Waals surface area (Å²) in [5.74, 6) is 0.187. The molecular weight excluding hydrogens is 585 g/mol. The lowest BCUT2D eigenvalue weighted by molar-refractivity contribution is 0.515. The van der Waals surface area contributed by atoms with E-state index < -0.39 is 0 Å². The molecule has 0 aliphatic heterocycles. The monoisotopic (exact) mass is 622 g/mol. The van der Waals surface area contributed by atoms with Crippen LogP contribution < -0.4 is 10.6 Å². The molecule has 1 aliphatic rings. The topological polar surface area (TPSA) is 44.3 Å². The minimum absolute atomic E-state index is 0.187. The summed E-state index contributed by atoms with van der Waals surface area (Å²) in [5, 5.41) is 18.5. The van der Waals surface area contributed by atoms with Crippen LogP contribution in [0.25, 0.3) is 45.9 Å². The molecule has 0 atom stereocenters. The Balaban J connectivity index is 1.09. The van der Waals surface area contributed by atoms with Gasteiger partial charge in [0.1, 0.15) is 5.76 Å². The molecule has 0 amide bonds. The standard InChI is InChI=1S/C45H38N2O/c1-32(46-31-33-23-25-35(26-24-33)34-13-4-2-5-14-34)41-21-10-9-18-38(41)30-44(48)39-19-12-20-40(29-39)47-43-28-27-36-15-8-11-22-42(36)45(43)37-16-6-3-7-17-37/h2-7,9-14,16-30,46-48H,1,8,15,31H2/b44-30-. The van der Waals surface area contributed by atoms with E-state index in [-0.39, 0.29) is 5.76 Å². The predicted octanol–water partition coefficient (Wildman–Crippen LogP) is 11.5. The zero-order valence-electron chi connectivity index (χ0n) is 26.9. The van der Waals surface area contributed by atoms with E-state index in [2.05, 4.69) is 120 Å². The number of aliphatic hydroxyl groups is 1. The molecule has 0 radical (unpaired) electrons. The van der Waals surface area contributed by atoms with Gasteiger partial charge in [-0.25, -0.2) is 0 Å². The summed E-state index contributed by atoms with van der Waals surface area (Å²) in [7, 11) is 0. The van der Waals surface area contributed by atoms with Gasteiger partial charge in [0.05, 0.1) is 0 Å². The van der Waals surface area contributed by atoms with E-state index in [1.54, 1.807) is 0 Å². The molecule has 3 N–H and O–H groups in total. The Morgan fingerprint density at radius 3 is 2.21 bits per heavy atom. The van der Waals surface area contributed by atoms with Crippen LogP contribution in [0.3, 0.4) is 0 Å². The Hall–Kier alpha value is -6.06. The Kier molecular flexibility index (Phi) is 9.02. The van der Waals surface area contributed by atoms with E-state index in [1.165, 1.54) is 38.9 Å². The highest BCUT2D eigenvalue weighted by Crippen LogP contribution is 2.38. The highest BCUT2D eigenvalue weighted by molar-refractivity contribution is 5.90. The van der Waals surface area contributed by atoms with Crippen LogP contribution in [0.2, 0.25) is 0 Å². The van der Waals surface area contributed by atoms with Crippen molar-refractivity contribution >= 4 is 35.0 Å². The van der Waals surface area contributed by atoms with Crippen molar-refractivity contribution in [3.8, 4) is 22.3 Å². The smallest absolute Gasteiger partial charge is 0.123 e. The molecule has 0 aromatic heterocycles. The molecule has 0 bridgehead atoms. The number of allylic oxidation sites excluding steroid dienone is 1. The van der Waals surface area contributed by atoms with Gasteiger partial charge >= 0.3 is 0 Å². The van der Waals surface area contributed by atoms with Gasteiger partial charge in [0.25, 0.3) is 0 Å². The average molecular weight is 623 g/mol. The fourth-order valence-electron chi connectivity index (χ4n) is 6.32. The first-order valence-corrected chi connectivity index (χ1v) is 16.4. The number of rotatable bonds is 10. The second kappa shape index (κ2) is 14.1. The van der Waals surface area contributed by atoms with Crippen LogP contribution in [0.15, 0.2) is 158 Å². The molecule has 0 heterocycles. The summed E-state index contributed by atoms with van der Waals surface area (Å²) in [6, 6.07) is 49.9. The Bertz CT molecular complexity index is 2110. The van der Waals surface area contributed by atoms with Crippen molar-refractivity contribution in [2.45, 2.75) is 19.4 Å². The third-order valence-corrected chi connectivity index (χ3v) is 8.85. The molecule has 0 saturated heterocycles. The molecule has 1 aliphatic carbocycles. The fourth-order valence-corrected chi connectivity index (χ4v) is 6.32. The molecular formula is C45H38N2O. The number of benzene rings is 6. The van der Waals surface area contributed by atoms with Gasteiger partial charge < -0.3 is 15.7 Å². The van der Waals surface area contributed by atoms with Crippen LogP contribution in [0, 0.1) is 0 Å². The van der Waals surface area contributed by atoms with Gasteiger partial charge in [0.15, 0.2) is 0 Å². The average Bonchev–Trinajstić information content (AvgIpc) is 3.15. The molecule has 0 spiro atoms. The van der Waals surface area contributed by atoms with Gasteiger partial charge in [0, 0.05) is 40.3 Å². The van der Waals surface area contributed by atoms with Crippen molar-refractivity contribution in [2.75, 3.05) is 5.32 Å². The molecule has 0 unspecified atom stereocenters. The maximum absolute atomic E-state index is 11.4. The van der Waals surface area contributed by atoms with Crippen LogP contribution >= 0.6 is 0 Å². The van der Waals surface area contributed by atoms with Crippen LogP contribution in [0.1, 0.15) is 39.8 Å². The van der Waals surface area contributed by atoms with Gasteiger partial charge in [-0.3, -0.25) is 0 Å². The van der Waals surface area contributed by atoms with Crippen LogP contribution in [0.4, 0.5) is 11.4 Å². The maximum Gasteiger partial charge on any atom is 0.123 e. The first-order chi connectivity index (χ1) is 23.6. The number of anilines is 2. The molecule has 3 nitrogen and oxygen atoms in total. The van der Waals surface area contributed by atoms with Crippen molar-refractivity contribution in [1.82, 2.24) is 5.32 Å². The van der Waals surface area contributed by atoms with Crippen molar-refractivity contribution in [2.24, 2.45) is 0 Å². The van der Waals surface area contributed by atoms with E-state index in [0.717, 1.165) is 46.6 Å².